The largest absolute Gasteiger partial charge is 0.484 e. The number of carbonyl (C=O) groups excluding carboxylic acids is 2. The van der Waals surface area contributed by atoms with Crippen LogP contribution in [0.2, 0.25) is 0 Å². The standard InChI is InChI=1S/C20H23FN2O4/c1-13-5-8-15(9-6-13)26-12-18(24)22-17-11-14(21)7-10-16(17)23-19(25)27-20(2,3)4/h5-11H,12H2,1-4H3,(H,22,24)(H,23,25). The van der Waals surface area contributed by atoms with Gasteiger partial charge in [-0.2, -0.15) is 0 Å². The van der Waals surface area contributed by atoms with Crippen LogP contribution in [0.25, 0.3) is 0 Å². The van der Waals surface area contributed by atoms with Crippen molar-refractivity contribution in [2.45, 2.75) is 33.3 Å². The van der Waals surface area contributed by atoms with Gasteiger partial charge in [0.2, 0.25) is 0 Å². The Bertz CT molecular complexity index is 814. The molecule has 0 spiro atoms. The summed E-state index contributed by atoms with van der Waals surface area (Å²) < 4.78 is 24.1. The first-order valence-electron chi connectivity index (χ1n) is 8.41. The van der Waals surface area contributed by atoms with E-state index in [0.717, 1.165) is 11.6 Å². The van der Waals surface area contributed by atoms with E-state index in [4.69, 9.17) is 9.47 Å². The second-order valence-corrected chi connectivity index (χ2v) is 6.97. The third-order valence-corrected chi connectivity index (χ3v) is 3.28. The molecule has 0 aliphatic carbocycles. The zero-order chi connectivity index (χ0) is 20.0. The predicted octanol–water partition coefficient (Wildman–Crippen LogP) is 4.50. The zero-order valence-corrected chi connectivity index (χ0v) is 15.8. The normalized spacial score (nSPS) is 10.9. The van der Waals surface area contributed by atoms with Gasteiger partial charge in [-0.25, -0.2) is 9.18 Å². The monoisotopic (exact) mass is 374 g/mol. The third-order valence-electron chi connectivity index (χ3n) is 3.28. The van der Waals surface area contributed by atoms with Gasteiger partial charge < -0.3 is 14.8 Å². The molecular weight excluding hydrogens is 351 g/mol. The van der Waals surface area contributed by atoms with Crippen LogP contribution in [0.15, 0.2) is 42.5 Å². The maximum Gasteiger partial charge on any atom is 0.412 e. The molecule has 27 heavy (non-hydrogen) atoms. The Morgan fingerprint density at radius 3 is 2.30 bits per heavy atom. The van der Waals surface area contributed by atoms with Gasteiger partial charge in [0.15, 0.2) is 6.61 Å². The molecule has 0 aliphatic heterocycles. The minimum absolute atomic E-state index is 0.110. The van der Waals surface area contributed by atoms with E-state index < -0.39 is 23.4 Å². The molecule has 2 aromatic carbocycles. The highest BCUT2D eigenvalue weighted by atomic mass is 19.1. The van der Waals surface area contributed by atoms with Gasteiger partial charge in [0, 0.05) is 0 Å². The first-order chi connectivity index (χ1) is 12.6. The van der Waals surface area contributed by atoms with Gasteiger partial charge in [0.05, 0.1) is 11.4 Å². The summed E-state index contributed by atoms with van der Waals surface area (Å²) in [5.41, 5.74) is 0.715. The van der Waals surface area contributed by atoms with Gasteiger partial charge in [-0.1, -0.05) is 17.7 Å². The van der Waals surface area contributed by atoms with Gasteiger partial charge in [-0.15, -0.1) is 0 Å². The Morgan fingerprint density at radius 1 is 1.00 bits per heavy atom. The summed E-state index contributed by atoms with van der Waals surface area (Å²) in [5.74, 6) is -0.505. The van der Waals surface area contributed by atoms with Gasteiger partial charge in [-0.3, -0.25) is 10.1 Å². The summed E-state index contributed by atoms with van der Waals surface area (Å²) in [6.45, 7) is 6.86. The summed E-state index contributed by atoms with van der Waals surface area (Å²) in [6.07, 6.45) is -0.708. The number of amides is 2. The minimum atomic E-state index is -0.708. The van der Waals surface area contributed by atoms with Gasteiger partial charge in [0.25, 0.3) is 5.91 Å². The van der Waals surface area contributed by atoms with E-state index in [1.807, 2.05) is 19.1 Å². The Balaban J connectivity index is 2.01. The fourth-order valence-corrected chi connectivity index (χ4v) is 2.11. The summed E-state index contributed by atoms with van der Waals surface area (Å²) in [6, 6.07) is 10.9. The number of hydrogen-bond acceptors (Lipinski definition) is 4. The number of benzene rings is 2. The van der Waals surface area contributed by atoms with Crippen molar-refractivity contribution in [3.63, 3.8) is 0 Å². The molecule has 0 unspecified atom stereocenters. The number of rotatable bonds is 5. The second kappa shape index (κ2) is 8.53. The molecule has 0 fully saturated rings. The molecule has 0 aromatic heterocycles. The molecule has 2 rings (SSSR count). The first-order valence-corrected chi connectivity index (χ1v) is 8.41. The Labute approximate surface area is 157 Å². The minimum Gasteiger partial charge on any atom is -0.484 e. The van der Waals surface area contributed by atoms with Gasteiger partial charge in [-0.05, 0) is 58.0 Å². The van der Waals surface area contributed by atoms with E-state index in [9.17, 15) is 14.0 Å². The Hall–Kier alpha value is -3.09. The van der Waals surface area contributed by atoms with Crippen LogP contribution in [0.4, 0.5) is 20.6 Å². The molecule has 6 nitrogen and oxygen atoms in total. The average molecular weight is 374 g/mol. The summed E-state index contributed by atoms with van der Waals surface area (Å²) in [5, 5.41) is 5.02. The highest BCUT2D eigenvalue weighted by molar-refractivity contribution is 5.98. The molecular formula is C20H23FN2O4. The molecule has 0 saturated heterocycles. The summed E-state index contributed by atoms with van der Waals surface area (Å²) in [7, 11) is 0. The van der Waals surface area contributed by atoms with Crippen LogP contribution in [-0.2, 0) is 9.53 Å². The average Bonchev–Trinajstić information content (AvgIpc) is 2.55. The highest BCUT2D eigenvalue weighted by Crippen LogP contribution is 2.24. The molecule has 0 aliphatic rings. The van der Waals surface area contributed by atoms with E-state index in [0.29, 0.717) is 5.75 Å². The topological polar surface area (TPSA) is 76.7 Å². The first kappa shape index (κ1) is 20.2. The van der Waals surface area contributed by atoms with E-state index in [1.165, 1.54) is 12.1 Å². The van der Waals surface area contributed by atoms with Crippen LogP contribution >= 0.6 is 0 Å². The van der Waals surface area contributed by atoms with E-state index >= 15 is 0 Å². The molecule has 2 amide bonds. The molecule has 0 heterocycles. The van der Waals surface area contributed by atoms with Crippen LogP contribution in [0, 0.1) is 12.7 Å². The lowest BCUT2D eigenvalue weighted by Crippen LogP contribution is -2.28. The highest BCUT2D eigenvalue weighted by Gasteiger charge is 2.18. The molecule has 0 saturated carbocycles. The number of anilines is 2. The molecule has 0 radical (unpaired) electrons. The lowest BCUT2D eigenvalue weighted by Gasteiger charge is -2.20. The van der Waals surface area contributed by atoms with Crippen molar-refractivity contribution >= 4 is 23.4 Å². The number of ether oxygens (including phenoxy) is 2. The molecule has 2 aromatic rings. The van der Waals surface area contributed by atoms with Crippen molar-refractivity contribution in [3.8, 4) is 5.75 Å². The Kier molecular flexibility index (Phi) is 6.39. The lowest BCUT2D eigenvalue weighted by molar-refractivity contribution is -0.118. The molecule has 2 N–H and O–H groups in total. The van der Waals surface area contributed by atoms with Crippen molar-refractivity contribution in [3.05, 3.63) is 53.8 Å². The van der Waals surface area contributed by atoms with Crippen molar-refractivity contribution in [1.82, 2.24) is 0 Å². The van der Waals surface area contributed by atoms with Crippen LogP contribution in [0.3, 0.4) is 0 Å². The van der Waals surface area contributed by atoms with Crippen molar-refractivity contribution in [1.29, 1.82) is 0 Å². The van der Waals surface area contributed by atoms with Crippen molar-refractivity contribution in [2.24, 2.45) is 0 Å². The van der Waals surface area contributed by atoms with Gasteiger partial charge in [0.1, 0.15) is 17.2 Å². The van der Waals surface area contributed by atoms with Crippen molar-refractivity contribution < 1.29 is 23.5 Å². The summed E-state index contributed by atoms with van der Waals surface area (Å²) in [4.78, 5) is 24.1. The molecule has 0 bridgehead atoms. The summed E-state index contributed by atoms with van der Waals surface area (Å²) >= 11 is 0. The number of halogens is 1. The zero-order valence-electron chi connectivity index (χ0n) is 15.8. The number of aryl methyl sites for hydroxylation is 1. The number of carbonyl (C=O) groups is 2. The molecule has 144 valence electrons. The SMILES string of the molecule is Cc1ccc(OCC(=O)Nc2cc(F)ccc2NC(=O)OC(C)(C)C)cc1. The predicted molar refractivity (Wildman–Crippen MR) is 102 cm³/mol. The van der Waals surface area contributed by atoms with Crippen LogP contribution < -0.4 is 15.4 Å². The quantitative estimate of drug-likeness (QED) is 0.808. The number of nitrogens with one attached hydrogen (secondary N) is 2. The van der Waals surface area contributed by atoms with Crippen LogP contribution in [-0.4, -0.2) is 24.2 Å². The molecule has 7 heteroatoms. The maximum absolute atomic E-state index is 13.6. The van der Waals surface area contributed by atoms with Crippen molar-refractivity contribution in [2.75, 3.05) is 17.2 Å². The second-order valence-electron chi connectivity index (χ2n) is 6.97. The van der Waals surface area contributed by atoms with E-state index in [2.05, 4.69) is 10.6 Å². The van der Waals surface area contributed by atoms with Gasteiger partial charge >= 0.3 is 6.09 Å². The smallest absolute Gasteiger partial charge is 0.412 e. The van der Waals surface area contributed by atoms with Crippen LogP contribution in [0.1, 0.15) is 26.3 Å². The molecule has 0 atom stereocenters. The third kappa shape index (κ3) is 6.97. The fourth-order valence-electron chi connectivity index (χ4n) is 2.11. The maximum atomic E-state index is 13.6. The van der Waals surface area contributed by atoms with Crippen LogP contribution in [0.5, 0.6) is 5.75 Å². The fraction of sp³-hybridized carbons (Fsp3) is 0.300. The Morgan fingerprint density at radius 2 is 1.67 bits per heavy atom. The van der Waals surface area contributed by atoms with E-state index in [1.54, 1.807) is 32.9 Å². The lowest BCUT2D eigenvalue weighted by atomic mass is 10.2. The number of hydrogen-bond donors (Lipinski definition) is 2. The van der Waals surface area contributed by atoms with E-state index in [-0.39, 0.29) is 18.0 Å².